The number of nitrogens with two attached hydrogens (primary N) is 2. The van der Waals surface area contributed by atoms with E-state index < -0.39 is 30.1 Å². The lowest BCUT2D eigenvalue weighted by Gasteiger charge is -2.25. The molecule has 0 unspecified atom stereocenters. The Bertz CT molecular complexity index is 565. The number of primary amides is 1. The number of rotatable bonds is 10. The highest BCUT2D eigenvalue weighted by molar-refractivity contribution is 5.89. The van der Waals surface area contributed by atoms with E-state index in [1.807, 2.05) is 12.2 Å². The highest BCUT2D eigenvalue weighted by Gasteiger charge is 2.41. The number of β-amino-alcohol motifs (C(OH)–C–C–N with tert-alkyl or cyclic N) is 1. The first-order valence-electron chi connectivity index (χ1n) is 9.24. The Morgan fingerprint density at radius 3 is 2.54 bits per heavy atom. The van der Waals surface area contributed by atoms with Gasteiger partial charge in [-0.15, -0.1) is 0 Å². The van der Waals surface area contributed by atoms with Gasteiger partial charge in [-0.1, -0.05) is 25.0 Å². The average molecular weight is 367 g/mol. The lowest BCUT2D eigenvalue weighted by molar-refractivity contribution is -0.139. The first-order chi connectivity index (χ1) is 12.3. The van der Waals surface area contributed by atoms with E-state index >= 15 is 0 Å². The van der Waals surface area contributed by atoms with Crippen molar-refractivity contribution in [3.8, 4) is 0 Å². The highest BCUT2D eigenvalue weighted by Crippen LogP contribution is 2.39. The van der Waals surface area contributed by atoms with Crippen LogP contribution in [0.1, 0.15) is 44.9 Å². The minimum atomic E-state index is -0.772. The third-order valence-electron chi connectivity index (χ3n) is 5.13. The molecule has 1 heterocycles. The zero-order valence-corrected chi connectivity index (χ0v) is 14.9. The van der Waals surface area contributed by atoms with Crippen molar-refractivity contribution in [1.82, 2.24) is 4.90 Å². The van der Waals surface area contributed by atoms with Crippen LogP contribution in [0.5, 0.6) is 0 Å². The lowest BCUT2D eigenvalue weighted by Crippen LogP contribution is -2.50. The number of amides is 2. The molecule has 1 saturated heterocycles. The van der Waals surface area contributed by atoms with Crippen molar-refractivity contribution >= 4 is 17.8 Å². The van der Waals surface area contributed by atoms with Gasteiger partial charge in [0, 0.05) is 13.0 Å². The van der Waals surface area contributed by atoms with Crippen molar-refractivity contribution in [2.45, 2.75) is 63.1 Å². The van der Waals surface area contributed by atoms with Crippen molar-refractivity contribution in [3.05, 3.63) is 12.2 Å². The topological polar surface area (TPSA) is 147 Å². The fourth-order valence-corrected chi connectivity index (χ4v) is 3.45. The van der Waals surface area contributed by atoms with Gasteiger partial charge in [0.2, 0.25) is 11.8 Å². The predicted molar refractivity (Wildman–Crippen MR) is 94.8 cm³/mol. The van der Waals surface area contributed by atoms with E-state index in [-0.39, 0.29) is 30.7 Å². The number of likely N-dealkylation sites (tertiary alicyclic amines) is 1. The maximum absolute atomic E-state index is 12.4. The predicted octanol–water partition coefficient (Wildman–Crippen LogP) is -0.0118. The number of unbranched alkanes of at least 4 members (excludes halogenated alkanes) is 3. The van der Waals surface area contributed by atoms with Crippen molar-refractivity contribution in [2.24, 2.45) is 23.3 Å². The number of carbonyl (C=O) groups excluding carboxylic acids is 2. The molecule has 2 aliphatic rings. The van der Waals surface area contributed by atoms with E-state index in [2.05, 4.69) is 0 Å². The van der Waals surface area contributed by atoms with Gasteiger partial charge in [-0.25, -0.2) is 0 Å². The first kappa shape index (κ1) is 20.4. The molecule has 26 heavy (non-hydrogen) atoms. The zero-order chi connectivity index (χ0) is 19.3. The lowest BCUT2D eigenvalue weighted by atomic mass is 10.1. The van der Waals surface area contributed by atoms with Gasteiger partial charge in [0.05, 0.1) is 18.1 Å². The Morgan fingerprint density at radius 2 is 1.92 bits per heavy atom. The number of hydrogen-bond donors (Lipinski definition) is 4. The molecule has 8 heteroatoms. The van der Waals surface area contributed by atoms with Crippen LogP contribution in [0.15, 0.2) is 12.2 Å². The summed E-state index contributed by atoms with van der Waals surface area (Å²) in [4.78, 5) is 35.8. The van der Waals surface area contributed by atoms with E-state index in [0.717, 1.165) is 32.1 Å². The number of aliphatic carboxylic acids is 1. The van der Waals surface area contributed by atoms with Crippen molar-refractivity contribution in [2.75, 3.05) is 6.54 Å². The minimum Gasteiger partial charge on any atom is -0.481 e. The summed E-state index contributed by atoms with van der Waals surface area (Å²) in [5.41, 5.74) is 11.2. The van der Waals surface area contributed by atoms with E-state index in [1.54, 1.807) is 0 Å². The molecule has 5 atom stereocenters. The summed E-state index contributed by atoms with van der Waals surface area (Å²) < 4.78 is 0. The maximum atomic E-state index is 12.4. The number of nitrogens with zero attached hydrogens (tertiary/aromatic N) is 1. The summed E-state index contributed by atoms with van der Waals surface area (Å²) in [5, 5.41) is 18.5. The average Bonchev–Trinajstić information content (AvgIpc) is 3.26. The number of allylic oxidation sites excluding steroid dienone is 2. The van der Waals surface area contributed by atoms with Gasteiger partial charge in [0.15, 0.2) is 0 Å². The van der Waals surface area contributed by atoms with E-state index in [0.29, 0.717) is 6.42 Å². The molecule has 2 fully saturated rings. The number of carboxylic acid groups (broad SMARTS) is 1. The first-order valence-corrected chi connectivity index (χ1v) is 9.24. The number of carboxylic acids is 1. The van der Waals surface area contributed by atoms with Gasteiger partial charge in [-0.2, -0.15) is 0 Å². The Hall–Kier alpha value is -1.93. The molecule has 1 aliphatic heterocycles. The standard InChI is InChI=1S/C18H29N3O5/c19-14(17(24)21-10-12(22)9-15(21)16(20)23)7-5-3-1-2-4-6-11-8-13(11)18(25)26/h4,6,11-15,22H,1-3,5,7-10,19H2,(H2,20,23)(H,25,26)/b6-4-/t11-,12-,13+,14+,15+/m1/s1. The summed E-state index contributed by atoms with van der Waals surface area (Å²) in [6.07, 6.45) is 8.25. The highest BCUT2D eigenvalue weighted by atomic mass is 16.4. The van der Waals surface area contributed by atoms with Crippen molar-refractivity contribution in [3.63, 3.8) is 0 Å². The van der Waals surface area contributed by atoms with Crippen LogP contribution in [0.2, 0.25) is 0 Å². The molecule has 1 saturated carbocycles. The maximum Gasteiger partial charge on any atom is 0.307 e. The second-order valence-electron chi connectivity index (χ2n) is 7.32. The fraction of sp³-hybridized carbons (Fsp3) is 0.722. The Morgan fingerprint density at radius 1 is 1.19 bits per heavy atom. The summed E-state index contributed by atoms with van der Waals surface area (Å²) in [7, 11) is 0. The largest absolute Gasteiger partial charge is 0.481 e. The van der Waals surface area contributed by atoms with E-state index in [4.69, 9.17) is 16.6 Å². The van der Waals surface area contributed by atoms with Gasteiger partial charge in [0.25, 0.3) is 0 Å². The summed E-state index contributed by atoms with van der Waals surface area (Å²) in [5.74, 6) is -1.69. The Balaban J connectivity index is 1.60. The van der Waals surface area contributed by atoms with Crippen LogP contribution in [0, 0.1) is 11.8 Å². The van der Waals surface area contributed by atoms with Gasteiger partial charge in [0.1, 0.15) is 6.04 Å². The van der Waals surface area contributed by atoms with Crippen LogP contribution < -0.4 is 11.5 Å². The molecule has 8 nitrogen and oxygen atoms in total. The van der Waals surface area contributed by atoms with Crippen LogP contribution >= 0.6 is 0 Å². The van der Waals surface area contributed by atoms with Crippen LogP contribution in [-0.4, -0.2) is 57.6 Å². The molecule has 0 aromatic rings. The molecular formula is C18H29N3O5. The number of carbonyl (C=O) groups is 3. The summed E-state index contributed by atoms with van der Waals surface area (Å²) in [6, 6.07) is -1.47. The number of hydrogen-bond acceptors (Lipinski definition) is 5. The number of aliphatic hydroxyl groups excluding tert-OH is 1. The summed E-state index contributed by atoms with van der Waals surface area (Å²) in [6.45, 7) is 0.101. The molecule has 0 aromatic heterocycles. The van der Waals surface area contributed by atoms with Crippen LogP contribution in [-0.2, 0) is 14.4 Å². The second kappa shape index (κ2) is 9.14. The van der Waals surface area contributed by atoms with Crippen LogP contribution in [0.25, 0.3) is 0 Å². The molecule has 0 spiro atoms. The molecule has 0 aromatic carbocycles. The van der Waals surface area contributed by atoms with E-state index in [1.165, 1.54) is 4.90 Å². The smallest absolute Gasteiger partial charge is 0.307 e. The van der Waals surface area contributed by atoms with Gasteiger partial charge in [-0.05, 0) is 31.6 Å². The number of aliphatic hydroxyl groups is 1. The van der Waals surface area contributed by atoms with Crippen LogP contribution in [0.4, 0.5) is 0 Å². The molecular weight excluding hydrogens is 338 g/mol. The minimum absolute atomic E-state index is 0.101. The van der Waals surface area contributed by atoms with Gasteiger partial charge < -0.3 is 26.6 Å². The molecule has 0 bridgehead atoms. The van der Waals surface area contributed by atoms with Crippen molar-refractivity contribution < 1.29 is 24.6 Å². The third kappa shape index (κ3) is 5.54. The molecule has 6 N–H and O–H groups in total. The zero-order valence-electron chi connectivity index (χ0n) is 14.9. The third-order valence-corrected chi connectivity index (χ3v) is 5.13. The molecule has 0 radical (unpaired) electrons. The fourth-order valence-electron chi connectivity index (χ4n) is 3.45. The van der Waals surface area contributed by atoms with Crippen LogP contribution in [0.3, 0.4) is 0 Å². The Labute approximate surface area is 153 Å². The van der Waals surface area contributed by atoms with Gasteiger partial charge in [-0.3, -0.25) is 14.4 Å². The quantitative estimate of drug-likeness (QED) is 0.315. The molecule has 1 aliphatic carbocycles. The molecule has 2 amide bonds. The summed E-state index contributed by atoms with van der Waals surface area (Å²) >= 11 is 0. The normalized spacial score (nSPS) is 29.1. The van der Waals surface area contributed by atoms with Crippen molar-refractivity contribution in [1.29, 1.82) is 0 Å². The molecule has 146 valence electrons. The van der Waals surface area contributed by atoms with E-state index in [9.17, 15) is 19.5 Å². The molecule has 2 rings (SSSR count). The second-order valence-corrected chi connectivity index (χ2v) is 7.32. The monoisotopic (exact) mass is 367 g/mol. The SMILES string of the molecule is NC(=O)[C@@H]1C[C@@H](O)CN1C(=O)[C@@H](N)CCCCC/C=C\[C@@H]1C[C@@H]1C(=O)O. The van der Waals surface area contributed by atoms with Gasteiger partial charge >= 0.3 is 5.97 Å². The Kier molecular flexibility index (Phi) is 7.16.